The largest absolute Gasteiger partial charge is 0.462 e. The van der Waals surface area contributed by atoms with Crippen molar-refractivity contribution >= 4 is 11.6 Å². The van der Waals surface area contributed by atoms with Gasteiger partial charge >= 0.3 is 24.4 Å². The van der Waals surface area contributed by atoms with Gasteiger partial charge in [-0.15, -0.1) is 11.6 Å². The van der Waals surface area contributed by atoms with Crippen LogP contribution in [-0.2, 0) is 4.74 Å². The Kier molecular flexibility index (Phi) is 5.40. The fourth-order valence-electron chi connectivity index (χ4n) is 1.90. The lowest BCUT2D eigenvalue weighted by Gasteiger charge is -2.41. The maximum atomic E-state index is 13.3. The van der Waals surface area contributed by atoms with E-state index in [-0.39, 0.29) is 6.92 Å². The Morgan fingerprint density at radius 2 is 1.29 bits per heavy atom. The van der Waals surface area contributed by atoms with Crippen molar-refractivity contribution in [1.82, 2.24) is 10.9 Å². The number of hydrazine groups is 1. The molecule has 4 atom stereocenters. The minimum Gasteiger partial charge on any atom is -0.298 e. The molecule has 1 rings (SSSR count). The number of hydrogen-bond acceptors (Lipinski definition) is 3. The second-order valence-corrected chi connectivity index (χ2v) is 5.80. The highest BCUT2D eigenvalue weighted by Crippen LogP contribution is 2.51. The molecule has 1 aliphatic heterocycles. The number of halogens is 11. The van der Waals surface area contributed by atoms with Crippen LogP contribution in [0.4, 0.5) is 43.9 Å². The summed E-state index contributed by atoms with van der Waals surface area (Å²) >= 11 is 5.59. The van der Waals surface area contributed by atoms with E-state index in [0.29, 0.717) is 0 Å². The van der Waals surface area contributed by atoms with Gasteiger partial charge in [-0.1, -0.05) is 0 Å². The molecule has 2 N–H and O–H groups in total. The summed E-state index contributed by atoms with van der Waals surface area (Å²) in [5.41, 5.74) is -0.192. The topological polar surface area (TPSA) is 33.3 Å². The molecular formula is C10H11ClF10N2O. The summed E-state index contributed by atoms with van der Waals surface area (Å²) in [6.07, 6.45) is -19.1. The van der Waals surface area contributed by atoms with Crippen molar-refractivity contribution in [3.8, 4) is 0 Å². The molecule has 3 nitrogen and oxygen atoms in total. The normalized spacial score (nSPS) is 29.6. The summed E-state index contributed by atoms with van der Waals surface area (Å²) in [6.45, 7) is 1.13. The van der Waals surface area contributed by atoms with Gasteiger partial charge in [0.1, 0.15) is 0 Å². The van der Waals surface area contributed by atoms with Gasteiger partial charge in [-0.3, -0.25) is 10.2 Å². The summed E-state index contributed by atoms with van der Waals surface area (Å²) in [7, 11) is 0. The van der Waals surface area contributed by atoms with Crippen LogP contribution in [0.3, 0.4) is 0 Å². The van der Waals surface area contributed by atoms with E-state index in [1.807, 2.05) is 5.43 Å². The highest BCUT2D eigenvalue weighted by Gasteiger charge is 2.78. The van der Waals surface area contributed by atoms with Crippen LogP contribution in [0, 0.1) is 0 Å². The zero-order chi connectivity index (χ0) is 19.4. The van der Waals surface area contributed by atoms with Crippen LogP contribution >= 0.6 is 11.6 Å². The Hall–Kier alpha value is -0.530. The Morgan fingerprint density at radius 3 is 1.58 bits per heavy atom. The number of alkyl halides is 11. The smallest absolute Gasteiger partial charge is 0.298 e. The van der Waals surface area contributed by atoms with E-state index in [0.717, 1.165) is 0 Å². The van der Waals surface area contributed by atoms with Gasteiger partial charge in [0.2, 0.25) is 0 Å². The first kappa shape index (κ1) is 21.5. The van der Waals surface area contributed by atoms with Crippen molar-refractivity contribution in [2.45, 2.75) is 61.3 Å². The lowest BCUT2D eigenvalue weighted by atomic mass is 9.91. The van der Waals surface area contributed by atoms with Crippen LogP contribution in [0.5, 0.6) is 0 Å². The Bertz CT molecular complexity index is 468. The number of rotatable bonds is 4. The van der Waals surface area contributed by atoms with Gasteiger partial charge < -0.3 is 0 Å². The lowest BCUT2D eigenvalue weighted by molar-refractivity contribution is -0.463. The zero-order valence-corrected chi connectivity index (χ0v) is 12.6. The first-order valence-corrected chi connectivity index (χ1v) is 6.56. The molecule has 1 fully saturated rings. The highest BCUT2D eigenvalue weighted by atomic mass is 35.5. The van der Waals surface area contributed by atoms with Crippen molar-refractivity contribution in [2.24, 2.45) is 0 Å². The maximum absolute atomic E-state index is 13.3. The second-order valence-electron chi connectivity index (χ2n) is 5.30. The van der Waals surface area contributed by atoms with Crippen molar-refractivity contribution in [2.75, 3.05) is 0 Å². The third-order valence-corrected chi connectivity index (χ3v) is 4.11. The molecule has 0 aliphatic carbocycles. The van der Waals surface area contributed by atoms with Gasteiger partial charge in [0.05, 0.1) is 11.4 Å². The van der Waals surface area contributed by atoms with E-state index >= 15 is 0 Å². The molecule has 0 saturated carbocycles. The van der Waals surface area contributed by atoms with Crippen molar-refractivity contribution in [3.05, 3.63) is 0 Å². The Balaban J connectivity index is 3.30. The number of ether oxygens (including phenoxy) is 1. The molecule has 0 spiro atoms. The van der Waals surface area contributed by atoms with Gasteiger partial charge in [0.25, 0.3) is 0 Å². The molecule has 0 amide bonds. The average molecular weight is 401 g/mol. The molecule has 0 aromatic heterocycles. The van der Waals surface area contributed by atoms with E-state index in [1.54, 1.807) is 0 Å². The van der Waals surface area contributed by atoms with Gasteiger partial charge in [0, 0.05) is 6.04 Å². The molecule has 1 saturated heterocycles. The molecule has 0 bridgehead atoms. The van der Waals surface area contributed by atoms with E-state index in [9.17, 15) is 43.9 Å². The summed E-state index contributed by atoms with van der Waals surface area (Å²) in [4.78, 5) is 0. The fraction of sp³-hybridized carbons (Fsp3) is 1.00. The lowest BCUT2D eigenvalue weighted by Crippen LogP contribution is -2.66. The van der Waals surface area contributed by atoms with Crippen LogP contribution in [-0.4, -0.2) is 47.4 Å². The van der Waals surface area contributed by atoms with Crippen molar-refractivity contribution < 1.29 is 48.6 Å². The third kappa shape index (κ3) is 3.40. The SMILES string of the molecule is C[C@@H]1NN[C@H]([C@@](C)(OC(F)(F)C(F)(F)C(F)(F)F)C(F)(F)F)[C@@H]1Cl. The van der Waals surface area contributed by atoms with Crippen molar-refractivity contribution in [1.29, 1.82) is 0 Å². The van der Waals surface area contributed by atoms with E-state index < -0.39 is 47.4 Å². The highest BCUT2D eigenvalue weighted by molar-refractivity contribution is 6.21. The molecule has 14 heteroatoms. The standard InChI is InChI=1S/C10H11ClF10N2O/c1-3-4(11)5(23-22-3)6(2,8(14,15)16)24-10(20,21)7(12,13)9(17,18)19/h3-5,22-23H,1-2H3/t3-,4+,5-,6+/m0/s1. The minimum absolute atomic E-state index is 0.0971. The quantitative estimate of drug-likeness (QED) is 0.559. The van der Waals surface area contributed by atoms with Gasteiger partial charge in [-0.25, -0.2) is 5.43 Å². The first-order valence-electron chi connectivity index (χ1n) is 6.13. The third-order valence-electron chi connectivity index (χ3n) is 3.48. The minimum atomic E-state index is -6.86. The summed E-state index contributed by atoms with van der Waals surface area (Å²) in [5, 5.41) is -1.60. The summed E-state index contributed by atoms with van der Waals surface area (Å²) < 4.78 is 131. The molecular weight excluding hydrogens is 390 g/mol. The molecule has 1 heterocycles. The predicted molar refractivity (Wildman–Crippen MR) is 60.7 cm³/mol. The Labute approximate surface area is 133 Å². The van der Waals surface area contributed by atoms with Crippen LogP contribution in [0.1, 0.15) is 13.8 Å². The summed E-state index contributed by atoms with van der Waals surface area (Å²) in [6, 6.07) is -3.22. The van der Waals surface area contributed by atoms with Crippen molar-refractivity contribution in [3.63, 3.8) is 0 Å². The van der Waals surface area contributed by atoms with Crippen LogP contribution in [0.15, 0.2) is 0 Å². The molecule has 0 aromatic rings. The first-order chi connectivity index (χ1) is 10.4. The van der Waals surface area contributed by atoms with Gasteiger partial charge in [-0.2, -0.15) is 43.9 Å². The van der Waals surface area contributed by atoms with Crippen LogP contribution in [0.25, 0.3) is 0 Å². The summed E-state index contributed by atoms with van der Waals surface area (Å²) in [5.74, 6) is -6.86. The molecule has 144 valence electrons. The molecule has 0 radical (unpaired) electrons. The maximum Gasteiger partial charge on any atom is 0.462 e. The average Bonchev–Trinajstić information content (AvgIpc) is 2.66. The van der Waals surface area contributed by atoms with Gasteiger partial charge in [0.15, 0.2) is 5.60 Å². The van der Waals surface area contributed by atoms with Crippen LogP contribution in [0.2, 0.25) is 0 Å². The number of hydrogen-bond donors (Lipinski definition) is 2. The van der Waals surface area contributed by atoms with E-state index in [2.05, 4.69) is 10.2 Å². The van der Waals surface area contributed by atoms with Gasteiger partial charge in [-0.05, 0) is 13.8 Å². The predicted octanol–water partition coefficient (Wildman–Crippen LogP) is 3.59. The second kappa shape index (κ2) is 6.02. The zero-order valence-electron chi connectivity index (χ0n) is 11.8. The molecule has 0 aromatic carbocycles. The molecule has 24 heavy (non-hydrogen) atoms. The monoisotopic (exact) mass is 400 g/mol. The molecule has 0 unspecified atom stereocenters. The van der Waals surface area contributed by atoms with Crippen LogP contribution < -0.4 is 10.9 Å². The number of nitrogens with one attached hydrogen (secondary N) is 2. The molecule has 1 aliphatic rings. The van der Waals surface area contributed by atoms with E-state index in [4.69, 9.17) is 11.6 Å². The van der Waals surface area contributed by atoms with E-state index in [1.165, 1.54) is 6.92 Å². The fourth-order valence-corrected chi connectivity index (χ4v) is 2.27. The Morgan fingerprint density at radius 1 is 0.833 bits per heavy atom.